The summed E-state index contributed by atoms with van der Waals surface area (Å²) in [6, 6.07) is 10.4. The first-order chi connectivity index (χ1) is 22.5. The van der Waals surface area contributed by atoms with Crippen molar-refractivity contribution in [3.63, 3.8) is 0 Å². The Hall–Kier alpha value is -3.84. The van der Waals surface area contributed by atoms with Crippen molar-refractivity contribution in [2.24, 2.45) is 16.7 Å². The molecule has 0 amide bonds. The molecule has 250 valence electrons. The zero-order valence-electron chi connectivity index (χ0n) is 31.3. The van der Waals surface area contributed by atoms with Crippen molar-refractivity contribution in [3.05, 3.63) is 69.3 Å². The summed E-state index contributed by atoms with van der Waals surface area (Å²) >= 11 is 0. The van der Waals surface area contributed by atoms with Gasteiger partial charge in [-0.05, 0) is 124 Å². The Morgan fingerprint density at radius 1 is 0.646 bits per heavy atom. The molecule has 1 saturated carbocycles. The molecule has 1 heterocycles. The van der Waals surface area contributed by atoms with Gasteiger partial charge in [0.05, 0.1) is 11.2 Å². The van der Waals surface area contributed by atoms with E-state index in [-0.39, 0.29) is 22.0 Å². The number of hydrogen-bond donors (Lipinski definition) is 0. The van der Waals surface area contributed by atoms with E-state index in [4.69, 9.17) is 9.47 Å². The standard InChI is InChI=1S/C46H54O2/c1-12-14-16-18-35-28-36(19-17-15-13-2)30-37(29-35)20-21-38-31-40(24-26-44(7,8)9)41(32-39(38)23-25-43(4,5)6)42-47-45(10)27-22-34(3)33-46(45,11)48-42/h28-32,34,42H,12-15,22,27,33H2,1-11H3. The molecule has 2 aromatic rings. The lowest BCUT2D eigenvalue weighted by molar-refractivity contribution is -0.0934. The van der Waals surface area contributed by atoms with Crippen LogP contribution >= 0.6 is 0 Å². The average Bonchev–Trinajstić information content (AvgIpc) is 3.27. The van der Waals surface area contributed by atoms with Crippen molar-refractivity contribution in [2.75, 3.05) is 0 Å². The van der Waals surface area contributed by atoms with E-state index in [0.29, 0.717) is 5.92 Å². The summed E-state index contributed by atoms with van der Waals surface area (Å²) in [5.74, 6) is 34.6. The zero-order chi connectivity index (χ0) is 35.2. The van der Waals surface area contributed by atoms with Crippen LogP contribution in [0.15, 0.2) is 30.3 Å². The van der Waals surface area contributed by atoms with Crippen LogP contribution in [0.2, 0.25) is 0 Å². The highest BCUT2D eigenvalue weighted by Crippen LogP contribution is 2.54. The Labute approximate surface area is 292 Å². The van der Waals surface area contributed by atoms with Crippen LogP contribution in [-0.2, 0) is 9.47 Å². The topological polar surface area (TPSA) is 18.5 Å². The van der Waals surface area contributed by atoms with Gasteiger partial charge in [0.15, 0.2) is 6.29 Å². The Balaban J connectivity index is 1.90. The summed E-state index contributed by atoms with van der Waals surface area (Å²) in [6.45, 7) is 23.8. The number of rotatable bonds is 3. The van der Waals surface area contributed by atoms with E-state index in [1.165, 1.54) is 0 Å². The molecular formula is C46H54O2. The third-order valence-electron chi connectivity index (χ3n) is 8.78. The summed E-state index contributed by atoms with van der Waals surface area (Å²) in [6.07, 6.45) is 6.31. The summed E-state index contributed by atoms with van der Waals surface area (Å²) in [5.41, 5.74) is 5.11. The van der Waals surface area contributed by atoms with Crippen LogP contribution in [-0.4, -0.2) is 11.2 Å². The first-order valence-corrected chi connectivity index (χ1v) is 17.8. The molecule has 2 aromatic carbocycles. The smallest absolute Gasteiger partial charge is 0.186 e. The molecule has 2 fully saturated rings. The Kier molecular flexibility index (Phi) is 11.7. The molecule has 0 bridgehead atoms. The van der Waals surface area contributed by atoms with Gasteiger partial charge in [-0.15, -0.1) is 0 Å². The summed E-state index contributed by atoms with van der Waals surface area (Å²) < 4.78 is 13.7. The number of fused-ring (bicyclic) bond motifs is 1. The van der Waals surface area contributed by atoms with Gasteiger partial charge >= 0.3 is 0 Å². The maximum atomic E-state index is 6.86. The number of unbranched alkanes of at least 4 members (excludes halogenated alkanes) is 2. The highest BCUT2D eigenvalue weighted by molar-refractivity contribution is 5.60. The zero-order valence-corrected chi connectivity index (χ0v) is 31.3. The normalized spacial score (nSPS) is 23.0. The van der Waals surface area contributed by atoms with Gasteiger partial charge in [-0.25, -0.2) is 0 Å². The molecule has 2 aliphatic rings. The Morgan fingerprint density at radius 3 is 1.69 bits per heavy atom. The molecule has 48 heavy (non-hydrogen) atoms. The highest BCUT2D eigenvalue weighted by atomic mass is 16.7. The third kappa shape index (κ3) is 9.85. The minimum atomic E-state index is -0.533. The fourth-order valence-electron chi connectivity index (χ4n) is 5.95. The SMILES string of the molecule is CCCC#Cc1cc(C#CCCC)cc(C#Cc2cc(C#CC(C)(C)C)c(C3OC4(C)CCC(C)CC4(C)O3)cc2C#CC(C)(C)C)c1. The first kappa shape index (κ1) is 37.0. The highest BCUT2D eigenvalue weighted by Gasteiger charge is 2.58. The predicted octanol–water partition coefficient (Wildman–Crippen LogP) is 10.6. The van der Waals surface area contributed by atoms with E-state index in [2.05, 4.69) is 166 Å². The second kappa shape index (κ2) is 15.1. The van der Waals surface area contributed by atoms with Crippen LogP contribution in [0, 0.1) is 76.0 Å². The third-order valence-corrected chi connectivity index (χ3v) is 8.78. The summed E-state index contributed by atoms with van der Waals surface area (Å²) in [4.78, 5) is 0. The molecule has 2 nitrogen and oxygen atoms in total. The molecule has 0 radical (unpaired) electrons. The molecule has 4 rings (SSSR count). The largest absolute Gasteiger partial charge is 0.339 e. The number of ether oxygens (including phenoxy) is 2. The minimum Gasteiger partial charge on any atom is -0.339 e. The van der Waals surface area contributed by atoms with Crippen molar-refractivity contribution in [1.82, 2.24) is 0 Å². The number of hydrogen-bond acceptors (Lipinski definition) is 2. The lowest BCUT2D eigenvalue weighted by Gasteiger charge is -2.44. The van der Waals surface area contributed by atoms with Gasteiger partial charge < -0.3 is 9.47 Å². The molecule has 0 N–H and O–H groups in total. The second-order valence-electron chi connectivity index (χ2n) is 16.0. The van der Waals surface area contributed by atoms with Crippen LogP contribution < -0.4 is 0 Å². The fourth-order valence-corrected chi connectivity index (χ4v) is 5.95. The van der Waals surface area contributed by atoms with Gasteiger partial charge in [-0.1, -0.05) is 80.0 Å². The van der Waals surface area contributed by atoms with Crippen LogP contribution in [0.1, 0.15) is 166 Å². The Morgan fingerprint density at radius 2 is 1.15 bits per heavy atom. The molecule has 1 saturated heterocycles. The predicted molar refractivity (Wildman–Crippen MR) is 200 cm³/mol. The Bertz CT molecular complexity index is 1780. The van der Waals surface area contributed by atoms with Crippen LogP contribution in [0.4, 0.5) is 0 Å². The first-order valence-electron chi connectivity index (χ1n) is 17.8. The molecule has 4 atom stereocenters. The van der Waals surface area contributed by atoms with E-state index < -0.39 is 6.29 Å². The maximum absolute atomic E-state index is 6.86. The molecule has 0 spiro atoms. The van der Waals surface area contributed by atoms with Crippen LogP contribution in [0.3, 0.4) is 0 Å². The maximum Gasteiger partial charge on any atom is 0.186 e. The molecule has 1 aliphatic carbocycles. The van der Waals surface area contributed by atoms with Gasteiger partial charge in [-0.3, -0.25) is 0 Å². The van der Waals surface area contributed by atoms with E-state index in [0.717, 1.165) is 83.9 Å². The van der Waals surface area contributed by atoms with Crippen molar-refractivity contribution in [2.45, 2.75) is 139 Å². The second-order valence-corrected chi connectivity index (χ2v) is 16.0. The monoisotopic (exact) mass is 638 g/mol. The lowest BCUT2D eigenvalue weighted by atomic mass is 9.70. The average molecular weight is 639 g/mol. The molecule has 0 aromatic heterocycles. The molecular weight excluding hydrogens is 585 g/mol. The van der Waals surface area contributed by atoms with E-state index in [1.807, 2.05) is 0 Å². The van der Waals surface area contributed by atoms with E-state index >= 15 is 0 Å². The van der Waals surface area contributed by atoms with Gasteiger partial charge in [0.25, 0.3) is 0 Å². The van der Waals surface area contributed by atoms with Crippen molar-refractivity contribution >= 4 is 0 Å². The van der Waals surface area contributed by atoms with Gasteiger partial charge in [0.2, 0.25) is 0 Å². The van der Waals surface area contributed by atoms with E-state index in [1.54, 1.807) is 0 Å². The van der Waals surface area contributed by atoms with Crippen molar-refractivity contribution in [1.29, 1.82) is 0 Å². The van der Waals surface area contributed by atoms with Crippen LogP contribution in [0.5, 0.6) is 0 Å². The molecule has 4 unspecified atom stereocenters. The van der Waals surface area contributed by atoms with Crippen LogP contribution in [0.25, 0.3) is 0 Å². The van der Waals surface area contributed by atoms with E-state index in [9.17, 15) is 0 Å². The van der Waals surface area contributed by atoms with Crippen molar-refractivity contribution in [3.8, 4) is 59.2 Å². The lowest BCUT2D eigenvalue weighted by Crippen LogP contribution is -2.51. The minimum absolute atomic E-state index is 0.180. The molecule has 1 aliphatic heterocycles. The van der Waals surface area contributed by atoms with Crippen molar-refractivity contribution < 1.29 is 9.47 Å². The fraction of sp³-hybridized carbons (Fsp3) is 0.522. The van der Waals surface area contributed by atoms with Gasteiger partial charge in [-0.2, -0.15) is 0 Å². The van der Waals surface area contributed by atoms with Gasteiger partial charge in [0.1, 0.15) is 0 Å². The summed E-state index contributed by atoms with van der Waals surface area (Å²) in [5, 5.41) is 0. The van der Waals surface area contributed by atoms with Gasteiger partial charge in [0, 0.05) is 62.6 Å². The number of benzene rings is 2. The quantitative estimate of drug-likeness (QED) is 0.312. The molecule has 2 heteroatoms. The summed E-state index contributed by atoms with van der Waals surface area (Å²) in [7, 11) is 0.